The van der Waals surface area contributed by atoms with Crippen molar-refractivity contribution in [3.8, 4) is 5.75 Å². The minimum Gasteiger partial charge on any atom is -0.494 e. The monoisotopic (exact) mass is 521 g/mol. The van der Waals surface area contributed by atoms with E-state index in [9.17, 15) is 26.7 Å². The number of nitrogens with zero attached hydrogens (tertiary/aromatic N) is 1. The van der Waals surface area contributed by atoms with E-state index in [2.05, 4.69) is 4.90 Å². The lowest BCUT2D eigenvalue weighted by Gasteiger charge is -2.23. The maximum Gasteiger partial charge on any atom is 0.416 e. The molecule has 1 N–H and O–H groups in total. The lowest BCUT2D eigenvalue weighted by Crippen LogP contribution is -2.28. The average molecular weight is 522 g/mol. The molecule has 0 aliphatic heterocycles. The van der Waals surface area contributed by atoms with Crippen molar-refractivity contribution in [1.82, 2.24) is 4.90 Å². The third kappa shape index (κ3) is 8.36. The quantitative estimate of drug-likeness (QED) is 0.336. The molecule has 194 valence electrons. The average Bonchev–Trinajstić information content (AvgIpc) is 2.84. The Balaban J connectivity index is 1.64. The number of halogens is 3. The van der Waals surface area contributed by atoms with E-state index in [1.54, 1.807) is 12.1 Å². The van der Waals surface area contributed by atoms with Gasteiger partial charge >= 0.3 is 6.18 Å². The predicted molar refractivity (Wildman–Crippen MR) is 132 cm³/mol. The highest BCUT2D eigenvalue weighted by Gasteiger charge is 2.30. The van der Waals surface area contributed by atoms with Crippen LogP contribution in [0.3, 0.4) is 0 Å². The first-order valence-corrected chi connectivity index (χ1v) is 13.4. The Morgan fingerprint density at radius 1 is 0.917 bits per heavy atom. The normalized spacial score (nSPS) is 12.2. The van der Waals surface area contributed by atoms with Crippen molar-refractivity contribution < 1.29 is 31.4 Å². The molecule has 0 bridgehead atoms. The highest BCUT2D eigenvalue weighted by atomic mass is 32.2. The van der Waals surface area contributed by atoms with Crippen LogP contribution in [0.5, 0.6) is 5.75 Å². The molecule has 0 aliphatic rings. The second kappa shape index (κ2) is 12.4. The number of aliphatic hydroxyl groups excluding tert-OH is 1. The number of alkyl halides is 3. The molecule has 9 heteroatoms. The molecule has 0 aliphatic carbocycles. The van der Waals surface area contributed by atoms with Crippen LogP contribution in [-0.4, -0.2) is 44.4 Å². The van der Waals surface area contributed by atoms with Crippen LogP contribution in [0.2, 0.25) is 0 Å². The number of ether oxygens (including phenoxy) is 1. The van der Waals surface area contributed by atoms with Crippen LogP contribution in [0.4, 0.5) is 13.2 Å². The smallest absolute Gasteiger partial charge is 0.416 e. The molecular weight excluding hydrogens is 491 g/mol. The van der Waals surface area contributed by atoms with Crippen molar-refractivity contribution in [3.05, 3.63) is 95.1 Å². The maximum atomic E-state index is 13.2. The summed E-state index contributed by atoms with van der Waals surface area (Å²) in [5.74, 6) is 0.376. The fourth-order valence-electron chi connectivity index (χ4n) is 3.88. The minimum atomic E-state index is -4.39. The number of aliphatic hydroxyl groups is 1. The third-order valence-corrected chi connectivity index (χ3v) is 6.89. The molecule has 0 unspecified atom stereocenters. The summed E-state index contributed by atoms with van der Waals surface area (Å²) in [7, 11) is -3.52. The zero-order valence-electron chi connectivity index (χ0n) is 20.0. The first-order chi connectivity index (χ1) is 17.1. The van der Waals surface area contributed by atoms with E-state index in [0.29, 0.717) is 49.5 Å². The molecule has 0 aromatic heterocycles. The first kappa shape index (κ1) is 27.7. The molecule has 0 fully saturated rings. The Kier molecular flexibility index (Phi) is 9.53. The van der Waals surface area contributed by atoms with Crippen molar-refractivity contribution in [2.24, 2.45) is 0 Å². The van der Waals surface area contributed by atoms with Gasteiger partial charge in [0, 0.05) is 25.9 Å². The predicted octanol–water partition coefficient (Wildman–Crippen LogP) is 5.12. The van der Waals surface area contributed by atoms with Gasteiger partial charge < -0.3 is 9.84 Å². The summed E-state index contributed by atoms with van der Waals surface area (Å²) in [6.45, 7) is 1.50. The summed E-state index contributed by atoms with van der Waals surface area (Å²) in [6, 6.07) is 19.8. The molecular formula is C27H30F3NO4S. The highest BCUT2D eigenvalue weighted by molar-refractivity contribution is 7.90. The van der Waals surface area contributed by atoms with Crippen molar-refractivity contribution in [2.75, 3.05) is 26.0 Å². The molecule has 3 rings (SSSR count). The SMILES string of the molecule is CS(=O)(=O)c1cc(OCCCN(CCc2ccccc2)Cc2cccc(C(F)(F)F)c2)ccc1CO. The number of hydrogen-bond donors (Lipinski definition) is 1. The van der Waals surface area contributed by atoms with E-state index < -0.39 is 28.2 Å². The van der Waals surface area contributed by atoms with Gasteiger partial charge in [0.25, 0.3) is 0 Å². The zero-order chi connectivity index (χ0) is 26.2. The second-order valence-corrected chi connectivity index (χ2v) is 10.6. The molecule has 0 spiro atoms. The topological polar surface area (TPSA) is 66.8 Å². The fourth-order valence-corrected chi connectivity index (χ4v) is 4.82. The van der Waals surface area contributed by atoms with Crippen LogP contribution in [-0.2, 0) is 35.6 Å². The number of benzene rings is 3. The standard InChI is InChI=1S/C27H30F3NO4S/c1-36(33,34)26-18-25(12-11-23(26)20-32)35-16-6-14-31(15-13-21-7-3-2-4-8-21)19-22-9-5-10-24(17-22)27(28,29)30/h2-5,7-12,17-18,32H,6,13-16,19-20H2,1H3. The van der Waals surface area contributed by atoms with Gasteiger partial charge in [-0.1, -0.05) is 54.6 Å². The molecule has 0 radical (unpaired) electrons. The summed E-state index contributed by atoms with van der Waals surface area (Å²) in [6.07, 6.45) is -1.98. The first-order valence-electron chi connectivity index (χ1n) is 11.6. The van der Waals surface area contributed by atoms with Crippen LogP contribution in [0.1, 0.15) is 28.7 Å². The zero-order valence-corrected chi connectivity index (χ0v) is 20.9. The lowest BCUT2D eigenvalue weighted by molar-refractivity contribution is -0.137. The van der Waals surface area contributed by atoms with Crippen LogP contribution in [0.15, 0.2) is 77.7 Å². The number of sulfone groups is 1. The van der Waals surface area contributed by atoms with E-state index in [4.69, 9.17) is 4.74 Å². The van der Waals surface area contributed by atoms with E-state index >= 15 is 0 Å². The highest BCUT2D eigenvalue weighted by Crippen LogP contribution is 2.30. The van der Waals surface area contributed by atoms with Crippen molar-refractivity contribution in [1.29, 1.82) is 0 Å². The van der Waals surface area contributed by atoms with Gasteiger partial charge in [0.1, 0.15) is 5.75 Å². The molecule has 0 atom stereocenters. The van der Waals surface area contributed by atoms with Gasteiger partial charge in [-0.05, 0) is 47.7 Å². The molecule has 36 heavy (non-hydrogen) atoms. The van der Waals surface area contributed by atoms with Gasteiger partial charge in [-0.15, -0.1) is 0 Å². The number of rotatable bonds is 12. The summed E-state index contributed by atoms with van der Waals surface area (Å²) >= 11 is 0. The Labute approximate surface area is 210 Å². The molecule has 0 saturated carbocycles. The van der Waals surface area contributed by atoms with Crippen molar-refractivity contribution >= 4 is 9.84 Å². The molecule has 3 aromatic carbocycles. The summed E-state index contributed by atoms with van der Waals surface area (Å²) in [4.78, 5) is 2.11. The molecule has 0 heterocycles. The van der Waals surface area contributed by atoms with E-state index in [1.807, 2.05) is 30.3 Å². The molecule has 3 aromatic rings. The lowest BCUT2D eigenvalue weighted by atomic mass is 10.1. The van der Waals surface area contributed by atoms with E-state index in [1.165, 1.54) is 24.3 Å². The summed E-state index contributed by atoms with van der Waals surface area (Å²) in [5.41, 5.74) is 1.36. The summed E-state index contributed by atoms with van der Waals surface area (Å²) in [5, 5.41) is 9.39. The molecule has 5 nitrogen and oxygen atoms in total. The van der Waals surface area contributed by atoms with Gasteiger partial charge in [-0.3, -0.25) is 4.90 Å². The van der Waals surface area contributed by atoms with Crippen molar-refractivity contribution in [2.45, 2.75) is 37.1 Å². The van der Waals surface area contributed by atoms with E-state index in [0.717, 1.165) is 24.3 Å². The Bertz CT molecular complexity index is 1230. The largest absolute Gasteiger partial charge is 0.494 e. The number of hydrogen-bond acceptors (Lipinski definition) is 5. The van der Waals surface area contributed by atoms with Gasteiger partial charge in [0.2, 0.25) is 0 Å². The molecule has 0 amide bonds. The second-order valence-electron chi connectivity index (χ2n) is 8.61. The van der Waals surface area contributed by atoms with Gasteiger partial charge in [0.05, 0.1) is 23.7 Å². The Morgan fingerprint density at radius 3 is 2.31 bits per heavy atom. The Morgan fingerprint density at radius 2 is 1.64 bits per heavy atom. The minimum absolute atomic E-state index is 0.0246. The summed E-state index contributed by atoms with van der Waals surface area (Å²) < 4.78 is 69.2. The van der Waals surface area contributed by atoms with Crippen LogP contribution in [0.25, 0.3) is 0 Å². The fraction of sp³-hybridized carbons (Fsp3) is 0.333. The van der Waals surface area contributed by atoms with Gasteiger partial charge in [-0.25, -0.2) is 8.42 Å². The van der Waals surface area contributed by atoms with Crippen LogP contribution < -0.4 is 4.74 Å². The van der Waals surface area contributed by atoms with Gasteiger partial charge in [0.15, 0.2) is 9.84 Å². The third-order valence-electron chi connectivity index (χ3n) is 5.72. The Hall–Kier alpha value is -2.88. The van der Waals surface area contributed by atoms with Crippen molar-refractivity contribution in [3.63, 3.8) is 0 Å². The van der Waals surface area contributed by atoms with Crippen LogP contribution in [0, 0.1) is 0 Å². The van der Waals surface area contributed by atoms with Gasteiger partial charge in [-0.2, -0.15) is 13.2 Å². The van der Waals surface area contributed by atoms with E-state index in [-0.39, 0.29) is 4.90 Å². The van der Waals surface area contributed by atoms with Crippen LogP contribution >= 0.6 is 0 Å². The molecule has 0 saturated heterocycles. The maximum absolute atomic E-state index is 13.2.